The Hall–Kier alpha value is -2.59. The molecule has 1 aliphatic heterocycles. The molecule has 0 bridgehead atoms. The quantitative estimate of drug-likeness (QED) is 0.767. The molecule has 2 aromatic carbocycles. The van der Waals surface area contributed by atoms with Crippen LogP contribution in [0.25, 0.3) is 10.9 Å². The van der Waals surface area contributed by atoms with Gasteiger partial charge in [0.1, 0.15) is 5.56 Å². The van der Waals surface area contributed by atoms with Gasteiger partial charge in [-0.15, -0.1) is 0 Å². The monoisotopic (exact) mass is 338 g/mol. The zero-order chi connectivity index (χ0) is 16.8. The number of carbonyl (C=O) groups is 1. The van der Waals surface area contributed by atoms with Crippen molar-refractivity contribution in [3.05, 3.63) is 75.0 Å². The van der Waals surface area contributed by atoms with Gasteiger partial charge in [0.15, 0.2) is 0 Å². The van der Waals surface area contributed by atoms with Crippen LogP contribution in [0.1, 0.15) is 28.9 Å². The minimum absolute atomic E-state index is 0.133. The summed E-state index contributed by atoms with van der Waals surface area (Å²) in [7, 11) is 0. The van der Waals surface area contributed by atoms with E-state index in [1.807, 2.05) is 16.7 Å². The summed E-state index contributed by atoms with van der Waals surface area (Å²) in [5.41, 5.74) is 2.46. The van der Waals surface area contributed by atoms with Gasteiger partial charge in [0.25, 0.3) is 5.91 Å². The summed E-state index contributed by atoms with van der Waals surface area (Å²) in [6.07, 6.45) is 2.53. The summed E-state index contributed by atoms with van der Waals surface area (Å²) < 4.78 is 2.02. The number of para-hydroxylation sites is 2. The maximum Gasteiger partial charge on any atom is 0.261 e. The fourth-order valence-electron chi connectivity index (χ4n) is 3.33. The van der Waals surface area contributed by atoms with Crippen LogP contribution in [0.3, 0.4) is 0 Å². The lowest BCUT2D eigenvalue weighted by Crippen LogP contribution is -2.23. The predicted molar refractivity (Wildman–Crippen MR) is 96.0 cm³/mol. The first-order valence-electron chi connectivity index (χ1n) is 7.79. The van der Waals surface area contributed by atoms with E-state index in [1.165, 1.54) is 0 Å². The summed E-state index contributed by atoms with van der Waals surface area (Å²) in [5.74, 6) is -0.441. The highest BCUT2D eigenvalue weighted by atomic mass is 35.5. The molecule has 0 aliphatic carbocycles. The highest BCUT2D eigenvalue weighted by Gasteiger charge is 2.24. The topological polar surface area (TPSA) is 51.1 Å². The Balaban J connectivity index is 1.84. The van der Waals surface area contributed by atoms with E-state index in [9.17, 15) is 9.59 Å². The van der Waals surface area contributed by atoms with Crippen LogP contribution in [-0.4, -0.2) is 10.5 Å². The molecule has 4 nitrogen and oxygen atoms in total. The molecule has 1 amide bonds. The number of rotatable bonds is 2. The summed E-state index contributed by atoms with van der Waals surface area (Å²) in [6, 6.07) is 12.9. The molecule has 1 aliphatic rings. The first kappa shape index (κ1) is 15.0. The lowest BCUT2D eigenvalue weighted by molar-refractivity contribution is 0.102. The lowest BCUT2D eigenvalue weighted by atomic mass is 10.1. The highest BCUT2D eigenvalue weighted by molar-refractivity contribution is 6.33. The van der Waals surface area contributed by atoms with E-state index in [0.29, 0.717) is 16.1 Å². The lowest BCUT2D eigenvalue weighted by Gasteiger charge is -2.13. The molecule has 0 saturated heterocycles. The van der Waals surface area contributed by atoms with Crippen LogP contribution in [0.5, 0.6) is 0 Å². The van der Waals surface area contributed by atoms with Gasteiger partial charge < -0.3 is 9.88 Å². The van der Waals surface area contributed by atoms with E-state index in [-0.39, 0.29) is 17.0 Å². The summed E-state index contributed by atoms with van der Waals surface area (Å²) in [5, 5.41) is 3.75. The minimum atomic E-state index is -0.441. The van der Waals surface area contributed by atoms with E-state index >= 15 is 0 Å². The fourth-order valence-corrected chi connectivity index (χ4v) is 3.51. The van der Waals surface area contributed by atoms with Crippen LogP contribution in [0.2, 0.25) is 5.02 Å². The van der Waals surface area contributed by atoms with Gasteiger partial charge in [-0.1, -0.05) is 35.9 Å². The van der Waals surface area contributed by atoms with Crippen LogP contribution in [-0.2, 0) is 6.42 Å². The van der Waals surface area contributed by atoms with Crippen LogP contribution in [0, 0.1) is 0 Å². The summed E-state index contributed by atoms with van der Waals surface area (Å²) in [6.45, 7) is 2.08. The highest BCUT2D eigenvalue weighted by Crippen LogP contribution is 2.31. The average molecular weight is 339 g/mol. The van der Waals surface area contributed by atoms with Crippen molar-refractivity contribution in [1.82, 2.24) is 4.57 Å². The first-order valence-corrected chi connectivity index (χ1v) is 8.16. The van der Waals surface area contributed by atoms with Gasteiger partial charge in [-0.05, 0) is 37.1 Å². The number of nitrogens with one attached hydrogen (secondary N) is 1. The number of halogens is 1. The van der Waals surface area contributed by atoms with Gasteiger partial charge in [0.05, 0.1) is 16.2 Å². The molecule has 1 unspecified atom stereocenters. The van der Waals surface area contributed by atoms with Crippen molar-refractivity contribution in [2.24, 2.45) is 0 Å². The van der Waals surface area contributed by atoms with E-state index in [4.69, 9.17) is 11.6 Å². The second kappa shape index (κ2) is 5.49. The minimum Gasteiger partial charge on any atom is -0.343 e. The molecule has 0 spiro atoms. The maximum absolute atomic E-state index is 12.8. The number of anilines is 1. The molecular weight excluding hydrogens is 324 g/mol. The normalized spacial score (nSPS) is 15.7. The molecule has 4 rings (SSSR count). The van der Waals surface area contributed by atoms with E-state index in [2.05, 4.69) is 12.2 Å². The van der Waals surface area contributed by atoms with Crippen molar-refractivity contribution in [2.45, 2.75) is 19.4 Å². The number of benzene rings is 2. The Bertz CT molecular complexity index is 1040. The zero-order valence-corrected chi connectivity index (χ0v) is 13.8. The molecule has 120 valence electrons. The molecular formula is C19H15ClN2O2. The fraction of sp³-hybridized carbons (Fsp3) is 0.158. The number of amides is 1. The molecule has 3 aromatic rings. The van der Waals surface area contributed by atoms with Gasteiger partial charge in [-0.3, -0.25) is 9.59 Å². The SMILES string of the molecule is CC1Cc2cccc3c(=O)c(C(=O)Nc4ccccc4Cl)cn1c23. The van der Waals surface area contributed by atoms with Gasteiger partial charge >= 0.3 is 0 Å². The van der Waals surface area contributed by atoms with Gasteiger partial charge in [0, 0.05) is 17.6 Å². The molecule has 5 heteroatoms. The number of carbonyl (C=O) groups excluding carboxylic acids is 1. The Morgan fingerprint density at radius 2 is 2.00 bits per heavy atom. The van der Waals surface area contributed by atoms with E-state index in [0.717, 1.165) is 17.5 Å². The third-order valence-electron chi connectivity index (χ3n) is 4.49. The van der Waals surface area contributed by atoms with Crippen LogP contribution < -0.4 is 10.7 Å². The summed E-state index contributed by atoms with van der Waals surface area (Å²) >= 11 is 6.08. The number of aromatic nitrogens is 1. The number of nitrogens with zero attached hydrogens (tertiary/aromatic N) is 1. The largest absolute Gasteiger partial charge is 0.343 e. The average Bonchev–Trinajstić information content (AvgIpc) is 2.89. The zero-order valence-electron chi connectivity index (χ0n) is 13.0. The molecule has 1 atom stereocenters. The van der Waals surface area contributed by atoms with Crippen LogP contribution >= 0.6 is 11.6 Å². The first-order chi connectivity index (χ1) is 11.6. The summed E-state index contributed by atoms with van der Waals surface area (Å²) in [4.78, 5) is 25.4. The van der Waals surface area contributed by atoms with E-state index < -0.39 is 5.91 Å². The predicted octanol–water partition coefficient (Wildman–Crippen LogP) is 4.02. The molecule has 0 radical (unpaired) electrons. The van der Waals surface area contributed by atoms with Crippen molar-refractivity contribution in [2.75, 3.05) is 5.32 Å². The molecule has 2 heterocycles. The van der Waals surface area contributed by atoms with Crippen molar-refractivity contribution in [3.63, 3.8) is 0 Å². The van der Waals surface area contributed by atoms with Gasteiger partial charge in [-0.2, -0.15) is 0 Å². The third-order valence-corrected chi connectivity index (χ3v) is 4.82. The number of hydrogen-bond donors (Lipinski definition) is 1. The van der Waals surface area contributed by atoms with Crippen molar-refractivity contribution in [3.8, 4) is 0 Å². The van der Waals surface area contributed by atoms with Crippen LogP contribution in [0.15, 0.2) is 53.5 Å². The molecule has 24 heavy (non-hydrogen) atoms. The maximum atomic E-state index is 12.8. The Labute approximate surface area is 143 Å². The Morgan fingerprint density at radius 3 is 2.79 bits per heavy atom. The smallest absolute Gasteiger partial charge is 0.261 e. The number of hydrogen-bond acceptors (Lipinski definition) is 2. The molecule has 1 N–H and O–H groups in total. The second-order valence-corrected chi connectivity index (χ2v) is 6.49. The van der Waals surface area contributed by atoms with Crippen molar-refractivity contribution >= 4 is 34.1 Å². The molecule has 0 saturated carbocycles. The molecule has 1 aromatic heterocycles. The van der Waals surface area contributed by atoms with Crippen molar-refractivity contribution in [1.29, 1.82) is 0 Å². The standard InChI is InChI=1S/C19H15ClN2O2/c1-11-9-12-5-4-6-13-17(12)22(11)10-14(18(13)23)19(24)21-16-8-3-2-7-15(16)20/h2-8,10-11H,9H2,1H3,(H,21,24). The van der Waals surface area contributed by atoms with Gasteiger partial charge in [-0.25, -0.2) is 0 Å². The Morgan fingerprint density at radius 1 is 1.21 bits per heavy atom. The second-order valence-electron chi connectivity index (χ2n) is 6.08. The molecule has 0 fully saturated rings. The van der Waals surface area contributed by atoms with Crippen LogP contribution in [0.4, 0.5) is 5.69 Å². The van der Waals surface area contributed by atoms with Crippen molar-refractivity contribution < 1.29 is 4.79 Å². The van der Waals surface area contributed by atoms with Gasteiger partial charge in [0.2, 0.25) is 5.43 Å². The number of pyridine rings is 1. The Kier molecular flexibility index (Phi) is 3.43. The third kappa shape index (κ3) is 2.22. The van der Waals surface area contributed by atoms with E-state index in [1.54, 1.807) is 36.5 Å².